The molecular formula is C30H34FN3O7S. The molecule has 4 rings (SSSR count). The molecule has 10 nitrogen and oxygen atoms in total. The third kappa shape index (κ3) is 8.43. The van der Waals surface area contributed by atoms with Crippen molar-refractivity contribution in [2.75, 3.05) is 31.6 Å². The predicted molar refractivity (Wildman–Crippen MR) is 154 cm³/mol. The zero-order valence-corrected chi connectivity index (χ0v) is 24.2. The quantitative estimate of drug-likeness (QED) is 0.307. The summed E-state index contributed by atoms with van der Waals surface area (Å²) in [6.45, 7) is 2.48. The Labute approximate surface area is 244 Å². The van der Waals surface area contributed by atoms with E-state index in [2.05, 4.69) is 10.0 Å². The van der Waals surface area contributed by atoms with Crippen LogP contribution in [0, 0.1) is 5.82 Å². The number of ether oxygens (including phenoxy) is 3. The molecule has 1 fully saturated rings. The minimum Gasteiger partial charge on any atom is -0.497 e. The van der Waals surface area contributed by atoms with Crippen LogP contribution in [0.15, 0.2) is 77.7 Å². The Bertz CT molecular complexity index is 1440. The molecule has 1 aliphatic rings. The van der Waals surface area contributed by atoms with Crippen molar-refractivity contribution in [2.45, 2.75) is 43.4 Å². The number of nitrogens with one attached hydrogen (secondary N) is 2. The number of nitrogens with zero attached hydrogens (tertiary/aromatic N) is 1. The van der Waals surface area contributed by atoms with E-state index in [0.717, 1.165) is 30.5 Å². The van der Waals surface area contributed by atoms with Crippen molar-refractivity contribution in [1.82, 2.24) is 10.2 Å². The highest BCUT2D eigenvalue weighted by Gasteiger charge is 2.27. The van der Waals surface area contributed by atoms with Crippen LogP contribution in [-0.2, 0) is 30.9 Å². The van der Waals surface area contributed by atoms with Crippen LogP contribution in [-0.4, -0.2) is 64.1 Å². The summed E-state index contributed by atoms with van der Waals surface area (Å²) in [5, 5.41) is 2.88. The molecule has 2 unspecified atom stereocenters. The number of rotatable bonds is 13. The highest BCUT2D eigenvalue weighted by Crippen LogP contribution is 2.21. The topological polar surface area (TPSA) is 123 Å². The van der Waals surface area contributed by atoms with Crippen molar-refractivity contribution < 1.29 is 36.6 Å². The number of carbonyl (C=O) groups excluding carboxylic acids is 2. The van der Waals surface area contributed by atoms with Gasteiger partial charge >= 0.3 is 0 Å². The van der Waals surface area contributed by atoms with Crippen LogP contribution in [0.2, 0.25) is 0 Å². The Morgan fingerprint density at radius 1 is 1.02 bits per heavy atom. The molecular weight excluding hydrogens is 565 g/mol. The van der Waals surface area contributed by atoms with E-state index >= 15 is 0 Å². The van der Waals surface area contributed by atoms with Crippen LogP contribution in [0.1, 0.15) is 25.3 Å². The number of benzene rings is 3. The van der Waals surface area contributed by atoms with E-state index in [1.165, 1.54) is 41.3 Å². The van der Waals surface area contributed by atoms with Gasteiger partial charge in [-0.1, -0.05) is 12.1 Å². The van der Waals surface area contributed by atoms with Gasteiger partial charge in [-0.25, -0.2) is 12.8 Å². The minimum absolute atomic E-state index is 0.0344. The summed E-state index contributed by atoms with van der Waals surface area (Å²) in [4.78, 5) is 27.7. The van der Waals surface area contributed by atoms with Crippen LogP contribution in [0.25, 0.3) is 0 Å². The molecule has 224 valence electrons. The molecule has 0 saturated carbocycles. The summed E-state index contributed by atoms with van der Waals surface area (Å²) < 4.78 is 57.3. The summed E-state index contributed by atoms with van der Waals surface area (Å²) in [5.41, 5.74) is 1.01. The number of amides is 2. The van der Waals surface area contributed by atoms with Crippen LogP contribution in [0.4, 0.5) is 10.1 Å². The number of halogens is 1. The summed E-state index contributed by atoms with van der Waals surface area (Å²) >= 11 is 0. The minimum atomic E-state index is -3.93. The zero-order valence-electron chi connectivity index (χ0n) is 23.4. The SMILES string of the molecule is COc1ccc(CN(C(=O)COc2ccc(S(=O)(=O)Nc3ccc(F)cc3)cc2)C(C)C(=O)NCC2CCCO2)cc1. The Morgan fingerprint density at radius 3 is 2.31 bits per heavy atom. The molecule has 0 radical (unpaired) electrons. The van der Waals surface area contributed by atoms with Crippen LogP contribution in [0.3, 0.4) is 0 Å². The van der Waals surface area contributed by atoms with Gasteiger partial charge in [-0.05, 0) is 86.0 Å². The van der Waals surface area contributed by atoms with E-state index in [4.69, 9.17) is 14.2 Å². The average molecular weight is 600 g/mol. The molecule has 2 N–H and O–H groups in total. The van der Waals surface area contributed by atoms with Gasteiger partial charge in [0, 0.05) is 25.4 Å². The van der Waals surface area contributed by atoms with Gasteiger partial charge in [-0.2, -0.15) is 0 Å². The van der Waals surface area contributed by atoms with Crippen molar-refractivity contribution in [3.8, 4) is 11.5 Å². The average Bonchev–Trinajstić information content (AvgIpc) is 3.52. The maximum atomic E-state index is 13.3. The predicted octanol–water partition coefficient (Wildman–Crippen LogP) is 3.73. The van der Waals surface area contributed by atoms with Crippen molar-refractivity contribution >= 4 is 27.5 Å². The number of hydrogen-bond acceptors (Lipinski definition) is 7. The molecule has 0 aliphatic carbocycles. The maximum absolute atomic E-state index is 13.3. The van der Waals surface area contributed by atoms with Crippen molar-refractivity contribution in [3.05, 3.63) is 84.2 Å². The molecule has 1 heterocycles. The Balaban J connectivity index is 1.40. The fourth-order valence-electron chi connectivity index (χ4n) is 4.35. The second-order valence-corrected chi connectivity index (χ2v) is 11.5. The van der Waals surface area contributed by atoms with Crippen LogP contribution < -0.4 is 19.5 Å². The number of sulfonamides is 1. The van der Waals surface area contributed by atoms with Gasteiger partial charge in [0.1, 0.15) is 23.4 Å². The molecule has 0 spiro atoms. The molecule has 1 aliphatic heterocycles. The molecule has 0 aromatic heterocycles. The molecule has 2 atom stereocenters. The standard InChI is InChI=1S/C30H34FN3O7S/c1-21(30(36)32-18-27-4-3-17-40-27)34(19-22-5-11-25(39-2)12-6-22)29(35)20-41-26-13-15-28(16-14-26)42(37,38)33-24-9-7-23(31)8-10-24/h5-16,21,27,33H,3-4,17-20H2,1-2H3,(H,32,36). The van der Waals surface area contributed by atoms with Crippen LogP contribution >= 0.6 is 0 Å². The van der Waals surface area contributed by atoms with Crippen molar-refractivity contribution in [2.24, 2.45) is 0 Å². The lowest BCUT2D eigenvalue weighted by Gasteiger charge is -2.29. The summed E-state index contributed by atoms with van der Waals surface area (Å²) in [6.07, 6.45) is 1.79. The summed E-state index contributed by atoms with van der Waals surface area (Å²) in [5.74, 6) is -0.286. The maximum Gasteiger partial charge on any atom is 0.261 e. The lowest BCUT2D eigenvalue weighted by Crippen LogP contribution is -2.50. The van der Waals surface area contributed by atoms with Gasteiger partial charge in [0.15, 0.2) is 6.61 Å². The third-order valence-corrected chi connectivity index (χ3v) is 8.20. The van der Waals surface area contributed by atoms with E-state index in [1.54, 1.807) is 26.2 Å². The van der Waals surface area contributed by atoms with Crippen molar-refractivity contribution in [1.29, 1.82) is 0 Å². The second-order valence-electron chi connectivity index (χ2n) is 9.80. The Kier molecular flexibility index (Phi) is 10.4. The zero-order chi connectivity index (χ0) is 30.1. The Hall–Kier alpha value is -4.16. The normalized spacial score (nSPS) is 15.5. The smallest absolute Gasteiger partial charge is 0.261 e. The van der Waals surface area contributed by atoms with Gasteiger partial charge in [-0.3, -0.25) is 14.3 Å². The molecule has 2 amide bonds. The molecule has 3 aromatic rings. The fourth-order valence-corrected chi connectivity index (χ4v) is 5.41. The first-order valence-corrected chi connectivity index (χ1v) is 15.0. The van der Waals surface area contributed by atoms with E-state index in [-0.39, 0.29) is 41.5 Å². The van der Waals surface area contributed by atoms with Crippen LogP contribution in [0.5, 0.6) is 11.5 Å². The van der Waals surface area contributed by atoms with E-state index < -0.39 is 27.8 Å². The second kappa shape index (κ2) is 14.1. The largest absolute Gasteiger partial charge is 0.497 e. The lowest BCUT2D eigenvalue weighted by molar-refractivity contribution is -0.142. The first kappa shape index (κ1) is 30.8. The highest BCUT2D eigenvalue weighted by molar-refractivity contribution is 7.92. The van der Waals surface area contributed by atoms with Gasteiger partial charge in [0.2, 0.25) is 5.91 Å². The lowest BCUT2D eigenvalue weighted by atomic mass is 10.1. The highest BCUT2D eigenvalue weighted by atomic mass is 32.2. The van der Waals surface area contributed by atoms with E-state index in [1.807, 2.05) is 12.1 Å². The molecule has 12 heteroatoms. The number of hydrogen-bond donors (Lipinski definition) is 2. The van der Waals surface area contributed by atoms with E-state index in [9.17, 15) is 22.4 Å². The van der Waals surface area contributed by atoms with Gasteiger partial charge < -0.3 is 24.4 Å². The summed E-state index contributed by atoms with van der Waals surface area (Å²) in [7, 11) is -2.36. The molecule has 42 heavy (non-hydrogen) atoms. The molecule has 0 bridgehead atoms. The first-order valence-electron chi connectivity index (χ1n) is 13.5. The van der Waals surface area contributed by atoms with E-state index in [0.29, 0.717) is 18.9 Å². The Morgan fingerprint density at radius 2 is 1.69 bits per heavy atom. The third-order valence-electron chi connectivity index (χ3n) is 6.80. The first-order chi connectivity index (χ1) is 20.1. The molecule has 3 aromatic carbocycles. The summed E-state index contributed by atoms with van der Waals surface area (Å²) in [6, 6.07) is 16.8. The number of carbonyl (C=O) groups is 2. The molecule has 1 saturated heterocycles. The fraction of sp³-hybridized carbons (Fsp3) is 0.333. The number of methoxy groups -OCH3 is 1. The number of anilines is 1. The van der Waals surface area contributed by atoms with Gasteiger partial charge in [0.25, 0.3) is 15.9 Å². The van der Waals surface area contributed by atoms with Gasteiger partial charge in [-0.15, -0.1) is 0 Å². The monoisotopic (exact) mass is 599 g/mol. The van der Waals surface area contributed by atoms with Gasteiger partial charge in [0.05, 0.1) is 18.1 Å². The van der Waals surface area contributed by atoms with Crippen molar-refractivity contribution in [3.63, 3.8) is 0 Å².